The quantitative estimate of drug-likeness (QED) is 0.288. The van der Waals surface area contributed by atoms with Crippen LogP contribution in [0.4, 0.5) is 17.1 Å². The summed E-state index contributed by atoms with van der Waals surface area (Å²) in [5.41, 5.74) is 1.54. The van der Waals surface area contributed by atoms with Crippen molar-refractivity contribution in [3.05, 3.63) is 60.7 Å². The van der Waals surface area contributed by atoms with Gasteiger partial charge in [0.15, 0.2) is 0 Å². The average molecular weight is 482 g/mol. The number of carbonyl (C=O) groups excluding carboxylic acids is 1. The molecule has 3 aromatic carbocycles. The van der Waals surface area contributed by atoms with Crippen molar-refractivity contribution in [1.82, 2.24) is 0 Å². The Kier molecular flexibility index (Phi) is 5.44. The highest BCUT2D eigenvalue weighted by molar-refractivity contribution is 14.1. The maximum absolute atomic E-state index is 11.9. The first-order chi connectivity index (χ1) is 12.4. The van der Waals surface area contributed by atoms with E-state index in [1.807, 2.05) is 22.6 Å². The number of amides is 1. The van der Waals surface area contributed by atoms with Crippen molar-refractivity contribution >= 4 is 66.5 Å². The number of anilines is 3. The number of hydrogen-bond acceptors (Lipinski definition) is 4. The molecule has 8 heteroatoms. The molecule has 0 saturated heterocycles. The Hall–Kier alpha value is -2.17. The fourth-order valence-electron chi connectivity index (χ4n) is 2.61. The van der Waals surface area contributed by atoms with Crippen molar-refractivity contribution in [3.63, 3.8) is 0 Å². The van der Waals surface area contributed by atoms with Crippen molar-refractivity contribution in [2.75, 3.05) is 15.1 Å². The van der Waals surface area contributed by atoms with Gasteiger partial charge in [-0.25, -0.2) is 0 Å². The lowest BCUT2D eigenvalue weighted by molar-refractivity contribution is -0.113. The first-order valence-corrected chi connectivity index (χ1v) is 10.6. The SMILES string of the molecule is O=C(CI)Nc1ccc(Nc2ccc3ccccc3c2S(=O)(=O)O)cc1. The molecule has 0 aromatic heterocycles. The lowest BCUT2D eigenvalue weighted by Gasteiger charge is -2.13. The maximum Gasteiger partial charge on any atom is 0.297 e. The molecule has 6 nitrogen and oxygen atoms in total. The lowest BCUT2D eigenvalue weighted by Crippen LogP contribution is -2.12. The zero-order valence-electron chi connectivity index (χ0n) is 13.4. The smallest absolute Gasteiger partial charge is 0.297 e. The topological polar surface area (TPSA) is 95.5 Å². The van der Waals surface area contributed by atoms with Gasteiger partial charge in [0.2, 0.25) is 5.91 Å². The largest absolute Gasteiger partial charge is 0.354 e. The molecule has 0 atom stereocenters. The second-order valence-corrected chi connectivity index (χ2v) is 7.64. The number of hydrogen-bond donors (Lipinski definition) is 3. The van der Waals surface area contributed by atoms with Crippen LogP contribution in [0.3, 0.4) is 0 Å². The second kappa shape index (κ2) is 7.60. The summed E-state index contributed by atoms with van der Waals surface area (Å²) in [6.45, 7) is 0. The van der Waals surface area contributed by atoms with E-state index in [2.05, 4.69) is 10.6 Å². The van der Waals surface area contributed by atoms with E-state index in [1.54, 1.807) is 60.7 Å². The van der Waals surface area contributed by atoms with E-state index in [4.69, 9.17) is 0 Å². The van der Waals surface area contributed by atoms with Crippen LogP contribution in [0.5, 0.6) is 0 Å². The normalized spacial score (nSPS) is 11.3. The molecule has 0 aliphatic rings. The van der Waals surface area contributed by atoms with Crippen LogP contribution in [-0.2, 0) is 14.9 Å². The standard InChI is InChI=1S/C18H15IN2O4S/c19-11-17(22)21-14-8-6-13(7-9-14)20-16-10-5-12-3-1-2-4-15(12)18(16)26(23,24)25/h1-10,20H,11H2,(H,21,22)(H,23,24,25). The molecular weight excluding hydrogens is 467 g/mol. The molecule has 26 heavy (non-hydrogen) atoms. The van der Waals surface area contributed by atoms with Gasteiger partial charge in [0.1, 0.15) is 4.90 Å². The van der Waals surface area contributed by atoms with Gasteiger partial charge < -0.3 is 10.6 Å². The van der Waals surface area contributed by atoms with E-state index >= 15 is 0 Å². The molecule has 3 N–H and O–H groups in total. The summed E-state index contributed by atoms with van der Waals surface area (Å²) in [5, 5.41) is 6.89. The van der Waals surface area contributed by atoms with E-state index in [0.29, 0.717) is 26.6 Å². The van der Waals surface area contributed by atoms with Crippen molar-refractivity contribution in [2.24, 2.45) is 0 Å². The Morgan fingerprint density at radius 1 is 0.962 bits per heavy atom. The van der Waals surface area contributed by atoms with E-state index in [1.165, 1.54) is 0 Å². The number of halogens is 1. The number of alkyl halides is 1. The van der Waals surface area contributed by atoms with Crippen LogP contribution in [-0.4, -0.2) is 23.3 Å². The zero-order chi connectivity index (χ0) is 18.7. The highest BCUT2D eigenvalue weighted by Gasteiger charge is 2.19. The summed E-state index contributed by atoms with van der Waals surface area (Å²) in [4.78, 5) is 11.2. The molecule has 3 aromatic rings. The van der Waals surface area contributed by atoms with Crippen molar-refractivity contribution in [3.8, 4) is 0 Å². The average Bonchev–Trinajstić information content (AvgIpc) is 2.62. The van der Waals surface area contributed by atoms with Crippen molar-refractivity contribution in [2.45, 2.75) is 4.90 Å². The number of benzene rings is 3. The maximum atomic E-state index is 11.9. The molecule has 0 heterocycles. The van der Waals surface area contributed by atoms with E-state index in [0.717, 1.165) is 0 Å². The van der Waals surface area contributed by atoms with Gasteiger partial charge in [0, 0.05) is 16.8 Å². The minimum absolute atomic E-state index is 0.102. The van der Waals surface area contributed by atoms with Gasteiger partial charge in [-0.2, -0.15) is 8.42 Å². The fraction of sp³-hybridized carbons (Fsp3) is 0.0556. The number of fused-ring (bicyclic) bond motifs is 1. The predicted octanol–water partition coefficient (Wildman–Crippen LogP) is 4.20. The Morgan fingerprint density at radius 2 is 1.62 bits per heavy atom. The van der Waals surface area contributed by atoms with Crippen molar-refractivity contribution in [1.29, 1.82) is 0 Å². The lowest BCUT2D eigenvalue weighted by atomic mass is 10.1. The number of nitrogens with one attached hydrogen (secondary N) is 2. The minimum Gasteiger partial charge on any atom is -0.354 e. The molecule has 0 aliphatic carbocycles. The molecule has 0 unspecified atom stereocenters. The van der Waals surface area contributed by atoms with Crippen LogP contribution in [0.15, 0.2) is 65.6 Å². The van der Waals surface area contributed by atoms with Crippen LogP contribution in [0.1, 0.15) is 0 Å². The van der Waals surface area contributed by atoms with Crippen LogP contribution >= 0.6 is 22.6 Å². The molecule has 0 aliphatic heterocycles. The third kappa shape index (κ3) is 4.14. The fourth-order valence-corrected chi connectivity index (χ4v) is 3.66. The van der Waals surface area contributed by atoms with E-state index < -0.39 is 10.1 Å². The van der Waals surface area contributed by atoms with E-state index in [-0.39, 0.29) is 16.5 Å². The predicted molar refractivity (Wildman–Crippen MR) is 111 cm³/mol. The summed E-state index contributed by atoms with van der Waals surface area (Å²) in [7, 11) is -4.43. The monoisotopic (exact) mass is 482 g/mol. The Bertz CT molecular complexity index is 1070. The van der Waals surface area contributed by atoms with Gasteiger partial charge in [0.05, 0.1) is 10.1 Å². The van der Waals surface area contributed by atoms with Gasteiger partial charge in [-0.1, -0.05) is 52.9 Å². The Morgan fingerprint density at radius 3 is 2.27 bits per heavy atom. The molecular formula is C18H15IN2O4S. The molecule has 3 rings (SSSR count). The van der Waals surface area contributed by atoms with Gasteiger partial charge in [-0.05, 0) is 35.7 Å². The zero-order valence-corrected chi connectivity index (χ0v) is 16.4. The first-order valence-electron chi connectivity index (χ1n) is 7.60. The molecule has 0 spiro atoms. The minimum atomic E-state index is -4.43. The van der Waals surface area contributed by atoms with Crippen LogP contribution in [0.2, 0.25) is 0 Å². The summed E-state index contributed by atoms with van der Waals surface area (Å²) < 4.78 is 33.9. The van der Waals surface area contributed by atoms with Gasteiger partial charge in [-0.15, -0.1) is 0 Å². The van der Waals surface area contributed by atoms with Crippen LogP contribution in [0, 0.1) is 0 Å². The first kappa shape index (κ1) is 18.6. The summed E-state index contributed by atoms with van der Waals surface area (Å²) in [5.74, 6) is -0.102. The molecule has 0 saturated carbocycles. The van der Waals surface area contributed by atoms with Crippen LogP contribution in [0.25, 0.3) is 10.8 Å². The molecule has 0 fully saturated rings. The highest BCUT2D eigenvalue weighted by Crippen LogP contribution is 2.32. The third-order valence-electron chi connectivity index (χ3n) is 3.71. The number of rotatable bonds is 5. The van der Waals surface area contributed by atoms with Gasteiger partial charge in [-0.3, -0.25) is 9.35 Å². The van der Waals surface area contributed by atoms with Crippen LogP contribution < -0.4 is 10.6 Å². The molecule has 0 radical (unpaired) electrons. The summed E-state index contributed by atoms with van der Waals surface area (Å²) in [6.07, 6.45) is 0. The highest BCUT2D eigenvalue weighted by atomic mass is 127. The van der Waals surface area contributed by atoms with Gasteiger partial charge >= 0.3 is 0 Å². The summed E-state index contributed by atoms with van der Waals surface area (Å²) in [6, 6.07) is 17.2. The third-order valence-corrected chi connectivity index (χ3v) is 5.36. The second-order valence-electron chi connectivity index (χ2n) is 5.52. The van der Waals surface area contributed by atoms with Gasteiger partial charge in [0.25, 0.3) is 10.1 Å². The molecule has 134 valence electrons. The Balaban J connectivity index is 1.97. The summed E-state index contributed by atoms with van der Waals surface area (Å²) >= 11 is 1.97. The Labute approximate surface area is 164 Å². The molecule has 1 amide bonds. The van der Waals surface area contributed by atoms with E-state index in [9.17, 15) is 17.8 Å². The molecule has 0 bridgehead atoms. The number of carbonyl (C=O) groups is 1. The van der Waals surface area contributed by atoms with Crippen molar-refractivity contribution < 1.29 is 17.8 Å².